The van der Waals surface area contributed by atoms with E-state index in [2.05, 4.69) is 6.92 Å². The molecule has 0 saturated heterocycles. The highest BCUT2D eigenvalue weighted by molar-refractivity contribution is 5.73. The number of aliphatic carboxylic acids is 1. The van der Waals surface area contributed by atoms with Gasteiger partial charge in [-0.15, -0.1) is 0 Å². The molecule has 0 aliphatic heterocycles. The molecule has 0 aromatic rings. The van der Waals surface area contributed by atoms with E-state index in [0.29, 0.717) is 6.04 Å². The van der Waals surface area contributed by atoms with E-state index >= 15 is 0 Å². The molecule has 1 saturated carbocycles. The summed E-state index contributed by atoms with van der Waals surface area (Å²) in [7, 11) is 1.94. The average molecular weight is 185 g/mol. The van der Waals surface area contributed by atoms with Gasteiger partial charge in [-0.25, -0.2) is 0 Å². The molecule has 0 aromatic heterocycles. The topological polar surface area (TPSA) is 40.5 Å². The second kappa shape index (κ2) is 4.61. The van der Waals surface area contributed by atoms with Crippen molar-refractivity contribution in [3.05, 3.63) is 0 Å². The van der Waals surface area contributed by atoms with E-state index in [0.717, 1.165) is 19.3 Å². The highest BCUT2D eigenvalue weighted by atomic mass is 16.4. The number of nitrogens with zero attached hydrogens (tertiary/aromatic N) is 1. The van der Waals surface area contributed by atoms with Crippen molar-refractivity contribution in [1.29, 1.82) is 0 Å². The van der Waals surface area contributed by atoms with Gasteiger partial charge in [-0.2, -0.15) is 0 Å². The minimum atomic E-state index is -0.664. The molecule has 3 heteroatoms. The lowest BCUT2D eigenvalue weighted by Gasteiger charge is -2.23. The van der Waals surface area contributed by atoms with Crippen molar-refractivity contribution in [3.8, 4) is 0 Å². The Hall–Kier alpha value is -0.570. The van der Waals surface area contributed by atoms with Gasteiger partial charge in [-0.1, -0.05) is 19.8 Å². The SMILES string of the molecule is CCCCC(C(=O)O)N(C)C1CC1. The smallest absolute Gasteiger partial charge is 0.320 e. The first-order valence-corrected chi connectivity index (χ1v) is 5.11. The average Bonchev–Trinajstić information content (AvgIpc) is 2.86. The molecule has 1 atom stereocenters. The molecule has 13 heavy (non-hydrogen) atoms. The summed E-state index contributed by atoms with van der Waals surface area (Å²) in [5.74, 6) is -0.664. The third kappa shape index (κ3) is 2.99. The number of rotatable bonds is 6. The second-order valence-electron chi connectivity index (χ2n) is 3.89. The van der Waals surface area contributed by atoms with E-state index in [9.17, 15) is 4.79 Å². The van der Waals surface area contributed by atoms with Gasteiger partial charge < -0.3 is 5.11 Å². The van der Waals surface area contributed by atoms with E-state index < -0.39 is 5.97 Å². The number of hydrogen-bond donors (Lipinski definition) is 1. The van der Waals surface area contributed by atoms with E-state index in [4.69, 9.17) is 5.11 Å². The third-order valence-corrected chi connectivity index (χ3v) is 2.73. The third-order valence-electron chi connectivity index (χ3n) is 2.73. The fourth-order valence-electron chi connectivity index (χ4n) is 1.64. The van der Waals surface area contributed by atoms with Gasteiger partial charge in [0.25, 0.3) is 0 Å². The molecule has 3 nitrogen and oxygen atoms in total. The zero-order valence-electron chi connectivity index (χ0n) is 8.49. The largest absolute Gasteiger partial charge is 0.480 e. The summed E-state index contributed by atoms with van der Waals surface area (Å²) in [6.45, 7) is 2.09. The number of carboxylic acids is 1. The lowest BCUT2D eigenvalue weighted by Crippen LogP contribution is -2.39. The van der Waals surface area contributed by atoms with Crippen LogP contribution in [0.4, 0.5) is 0 Å². The van der Waals surface area contributed by atoms with Crippen molar-refractivity contribution in [3.63, 3.8) is 0 Å². The number of carbonyl (C=O) groups is 1. The minimum absolute atomic E-state index is 0.257. The Morgan fingerprint density at radius 2 is 2.23 bits per heavy atom. The monoisotopic (exact) mass is 185 g/mol. The van der Waals surface area contributed by atoms with Gasteiger partial charge in [0.1, 0.15) is 6.04 Å². The van der Waals surface area contributed by atoms with Crippen molar-refractivity contribution in [2.45, 2.75) is 51.1 Å². The number of likely N-dealkylation sites (N-methyl/N-ethyl adjacent to an activating group) is 1. The second-order valence-corrected chi connectivity index (χ2v) is 3.89. The van der Waals surface area contributed by atoms with Crippen LogP contribution in [0.1, 0.15) is 39.0 Å². The summed E-state index contributed by atoms with van der Waals surface area (Å²) in [6, 6.07) is 0.283. The van der Waals surface area contributed by atoms with Crippen molar-refractivity contribution < 1.29 is 9.90 Å². The molecule has 0 spiro atoms. The van der Waals surface area contributed by atoms with Gasteiger partial charge in [0, 0.05) is 6.04 Å². The molecule has 0 bridgehead atoms. The van der Waals surface area contributed by atoms with Crippen molar-refractivity contribution >= 4 is 5.97 Å². The lowest BCUT2D eigenvalue weighted by molar-refractivity contribution is -0.143. The van der Waals surface area contributed by atoms with Gasteiger partial charge in [-0.05, 0) is 26.3 Å². The molecule has 0 heterocycles. The normalized spacial score (nSPS) is 19.0. The van der Waals surface area contributed by atoms with Gasteiger partial charge in [0.15, 0.2) is 0 Å². The predicted molar refractivity (Wildman–Crippen MR) is 51.7 cm³/mol. The molecule has 1 fully saturated rings. The van der Waals surface area contributed by atoms with Crippen molar-refractivity contribution in [1.82, 2.24) is 4.90 Å². The predicted octanol–water partition coefficient (Wildman–Crippen LogP) is 1.72. The lowest BCUT2D eigenvalue weighted by atomic mass is 10.1. The first-order chi connectivity index (χ1) is 6.16. The van der Waals surface area contributed by atoms with E-state index in [1.165, 1.54) is 12.8 Å². The summed E-state index contributed by atoms with van der Waals surface area (Å²) in [5.41, 5.74) is 0. The molecule has 1 aliphatic carbocycles. The van der Waals surface area contributed by atoms with Crippen LogP contribution in [-0.2, 0) is 4.79 Å². The van der Waals surface area contributed by atoms with Crippen LogP contribution in [0.5, 0.6) is 0 Å². The van der Waals surface area contributed by atoms with Crippen LogP contribution in [0.15, 0.2) is 0 Å². The summed E-state index contributed by atoms with van der Waals surface area (Å²) < 4.78 is 0. The molecular weight excluding hydrogens is 166 g/mol. The van der Waals surface area contributed by atoms with Crippen LogP contribution < -0.4 is 0 Å². The summed E-state index contributed by atoms with van der Waals surface area (Å²) in [5, 5.41) is 9.01. The number of carboxylic acid groups (broad SMARTS) is 1. The molecule has 1 aliphatic rings. The Morgan fingerprint density at radius 1 is 1.62 bits per heavy atom. The summed E-state index contributed by atoms with van der Waals surface area (Å²) in [6.07, 6.45) is 5.22. The van der Waals surface area contributed by atoms with Crippen LogP contribution in [0, 0.1) is 0 Å². The molecule has 76 valence electrons. The molecule has 1 unspecified atom stereocenters. The first-order valence-electron chi connectivity index (χ1n) is 5.11. The Balaban J connectivity index is 2.40. The van der Waals surface area contributed by atoms with Gasteiger partial charge in [0.2, 0.25) is 0 Å². The highest BCUT2D eigenvalue weighted by Gasteiger charge is 2.33. The van der Waals surface area contributed by atoms with Crippen molar-refractivity contribution in [2.75, 3.05) is 7.05 Å². The quantitative estimate of drug-likeness (QED) is 0.685. The fourth-order valence-corrected chi connectivity index (χ4v) is 1.64. The van der Waals surface area contributed by atoms with E-state index in [1.807, 2.05) is 11.9 Å². The van der Waals surface area contributed by atoms with Gasteiger partial charge in [-0.3, -0.25) is 9.69 Å². The Bertz CT molecular complexity index is 178. The number of unbranched alkanes of at least 4 members (excludes halogenated alkanes) is 1. The fraction of sp³-hybridized carbons (Fsp3) is 0.900. The van der Waals surface area contributed by atoms with Crippen molar-refractivity contribution in [2.24, 2.45) is 0 Å². The zero-order chi connectivity index (χ0) is 9.84. The Labute approximate surface area is 79.7 Å². The number of hydrogen-bond acceptors (Lipinski definition) is 2. The maximum Gasteiger partial charge on any atom is 0.320 e. The Morgan fingerprint density at radius 3 is 2.62 bits per heavy atom. The standard InChI is InChI=1S/C10H19NO2/c1-3-4-5-9(10(12)13)11(2)8-6-7-8/h8-9H,3-7H2,1-2H3,(H,12,13). The van der Waals surface area contributed by atoms with Crippen LogP contribution >= 0.6 is 0 Å². The first kappa shape index (κ1) is 10.5. The van der Waals surface area contributed by atoms with E-state index in [1.54, 1.807) is 0 Å². The molecule has 0 aromatic carbocycles. The van der Waals surface area contributed by atoms with Gasteiger partial charge in [0.05, 0.1) is 0 Å². The Kier molecular flexibility index (Phi) is 3.72. The van der Waals surface area contributed by atoms with Crippen LogP contribution in [0.25, 0.3) is 0 Å². The maximum atomic E-state index is 10.9. The van der Waals surface area contributed by atoms with Crippen LogP contribution in [-0.4, -0.2) is 35.1 Å². The maximum absolute atomic E-state index is 10.9. The molecule has 1 rings (SSSR count). The highest BCUT2D eigenvalue weighted by Crippen LogP contribution is 2.28. The minimum Gasteiger partial charge on any atom is -0.480 e. The van der Waals surface area contributed by atoms with Crippen LogP contribution in [0.2, 0.25) is 0 Å². The summed E-state index contributed by atoms with van der Waals surface area (Å²) >= 11 is 0. The molecule has 0 amide bonds. The molecular formula is C10H19NO2. The van der Waals surface area contributed by atoms with Gasteiger partial charge >= 0.3 is 5.97 Å². The molecule has 0 radical (unpaired) electrons. The zero-order valence-corrected chi connectivity index (χ0v) is 8.49. The summed E-state index contributed by atoms with van der Waals surface area (Å²) in [4.78, 5) is 13.0. The van der Waals surface area contributed by atoms with Crippen LogP contribution in [0.3, 0.4) is 0 Å². The molecule has 1 N–H and O–H groups in total. The van der Waals surface area contributed by atoms with E-state index in [-0.39, 0.29) is 6.04 Å².